The molecular formula is C24H30N6O6S2. The van der Waals surface area contributed by atoms with Gasteiger partial charge in [0.15, 0.2) is 5.13 Å². The second kappa shape index (κ2) is 12.5. The molecule has 2 aliphatic heterocycles. The number of thioether (sulfide) groups is 1. The second-order valence-corrected chi connectivity index (χ2v) is 11.0. The first kappa shape index (κ1) is 27.7. The molecule has 2 bridgehead atoms. The van der Waals surface area contributed by atoms with E-state index in [4.69, 9.17) is 5.73 Å². The normalized spacial score (nSPS) is 25.1. The Bertz CT molecular complexity index is 1180. The highest BCUT2D eigenvalue weighted by Gasteiger charge is 2.39. The third-order valence-electron chi connectivity index (χ3n) is 6.37. The first-order chi connectivity index (χ1) is 18.2. The van der Waals surface area contributed by atoms with Crippen molar-refractivity contribution in [2.24, 2.45) is 5.73 Å². The summed E-state index contributed by atoms with van der Waals surface area (Å²) in [4.78, 5) is 57.7. The fraction of sp³-hybridized carbons (Fsp3) is 0.458. The Balaban J connectivity index is 1.64. The molecule has 4 atom stereocenters. The van der Waals surface area contributed by atoms with E-state index in [1.165, 1.54) is 28.0 Å². The lowest BCUT2D eigenvalue weighted by Gasteiger charge is -2.29. The monoisotopic (exact) mass is 562 g/mol. The number of aromatic nitrogens is 1. The molecule has 0 radical (unpaired) electrons. The lowest BCUT2D eigenvalue weighted by Crippen LogP contribution is -2.58. The quantitative estimate of drug-likeness (QED) is 0.287. The van der Waals surface area contributed by atoms with Gasteiger partial charge in [-0.3, -0.25) is 19.2 Å². The summed E-state index contributed by atoms with van der Waals surface area (Å²) in [6.07, 6.45) is 1.27. The van der Waals surface area contributed by atoms with Crippen molar-refractivity contribution in [2.45, 2.75) is 49.2 Å². The number of nitrogens with zero attached hydrogens (tertiary/aromatic N) is 2. The van der Waals surface area contributed by atoms with Gasteiger partial charge in [0, 0.05) is 29.9 Å². The predicted octanol–water partition coefficient (Wildman–Crippen LogP) is -0.443. The minimum atomic E-state index is -1.31. The van der Waals surface area contributed by atoms with Crippen molar-refractivity contribution < 1.29 is 29.4 Å². The van der Waals surface area contributed by atoms with E-state index in [9.17, 15) is 29.4 Å². The minimum Gasteiger partial charge on any atom is -0.508 e. The molecule has 2 aromatic rings. The molecule has 1 aromatic carbocycles. The summed E-state index contributed by atoms with van der Waals surface area (Å²) < 4.78 is 0. The number of carbonyl (C=O) groups excluding carboxylic acids is 4. The smallest absolute Gasteiger partial charge is 0.246 e. The fourth-order valence-corrected chi connectivity index (χ4v) is 6.20. The molecule has 4 rings (SSSR count). The average molecular weight is 563 g/mol. The zero-order chi connectivity index (χ0) is 27.2. The molecule has 1 fully saturated rings. The van der Waals surface area contributed by atoms with Crippen LogP contribution in [0, 0.1) is 0 Å². The van der Waals surface area contributed by atoms with Crippen LogP contribution in [0.3, 0.4) is 0 Å². The van der Waals surface area contributed by atoms with Crippen LogP contribution in [0.2, 0.25) is 0 Å². The zero-order valence-electron chi connectivity index (χ0n) is 20.5. The third kappa shape index (κ3) is 6.74. The molecule has 1 saturated heterocycles. The van der Waals surface area contributed by atoms with Gasteiger partial charge in [0.25, 0.3) is 0 Å². The maximum atomic E-state index is 13.8. The van der Waals surface area contributed by atoms with Crippen LogP contribution in [-0.4, -0.2) is 86.8 Å². The van der Waals surface area contributed by atoms with Gasteiger partial charge in [-0.05, 0) is 30.5 Å². The van der Waals surface area contributed by atoms with Crippen molar-refractivity contribution in [3.05, 3.63) is 40.9 Å². The molecule has 38 heavy (non-hydrogen) atoms. The number of rotatable bonds is 4. The summed E-state index contributed by atoms with van der Waals surface area (Å²) in [6.45, 7) is -0.340. The number of aliphatic hydroxyl groups excluding tert-OH is 1. The highest BCUT2D eigenvalue weighted by molar-refractivity contribution is 7.98. The number of nitrogens with two attached hydrogens (primary N) is 1. The van der Waals surface area contributed by atoms with Gasteiger partial charge in [0.1, 0.15) is 29.9 Å². The number of aromatic hydroxyl groups is 1. The molecule has 0 spiro atoms. The van der Waals surface area contributed by atoms with Gasteiger partial charge < -0.3 is 36.8 Å². The average Bonchev–Trinajstić information content (AvgIpc) is 3.56. The number of aliphatic hydroxyl groups is 1. The number of hydrogen-bond donors (Lipinski definition) is 6. The summed E-state index contributed by atoms with van der Waals surface area (Å²) in [6, 6.07) is 2.64. The molecule has 3 heterocycles. The Morgan fingerprint density at radius 1 is 1.11 bits per heavy atom. The van der Waals surface area contributed by atoms with Crippen molar-refractivity contribution in [1.82, 2.24) is 20.5 Å². The zero-order valence-corrected chi connectivity index (χ0v) is 22.1. The Morgan fingerprint density at radius 3 is 2.58 bits per heavy atom. The first-order valence-corrected chi connectivity index (χ1v) is 14.2. The molecule has 2 aliphatic rings. The maximum Gasteiger partial charge on any atom is 0.246 e. The van der Waals surface area contributed by atoms with Crippen LogP contribution in [0.4, 0.5) is 5.13 Å². The molecule has 0 aliphatic carbocycles. The number of primary amides is 1. The highest BCUT2D eigenvalue weighted by Crippen LogP contribution is 2.25. The number of nitrogens with one attached hydrogen (secondary N) is 3. The maximum absolute atomic E-state index is 13.8. The largest absolute Gasteiger partial charge is 0.508 e. The molecular weight excluding hydrogens is 532 g/mol. The number of amides is 4. The fourth-order valence-electron chi connectivity index (χ4n) is 4.37. The third-order valence-corrected chi connectivity index (χ3v) is 8.26. The van der Waals surface area contributed by atoms with Crippen LogP contribution in [0.5, 0.6) is 5.75 Å². The highest BCUT2D eigenvalue weighted by atomic mass is 32.2. The van der Waals surface area contributed by atoms with Gasteiger partial charge in [-0.2, -0.15) is 11.8 Å². The van der Waals surface area contributed by atoms with Gasteiger partial charge in [0.2, 0.25) is 23.6 Å². The molecule has 0 saturated carbocycles. The predicted molar refractivity (Wildman–Crippen MR) is 142 cm³/mol. The molecule has 4 amide bonds. The van der Waals surface area contributed by atoms with E-state index < -0.39 is 48.5 Å². The van der Waals surface area contributed by atoms with E-state index in [0.717, 1.165) is 11.3 Å². The minimum absolute atomic E-state index is 0.112. The van der Waals surface area contributed by atoms with Crippen LogP contribution < -0.4 is 21.7 Å². The van der Waals surface area contributed by atoms with E-state index in [0.29, 0.717) is 30.3 Å². The lowest BCUT2D eigenvalue weighted by atomic mass is 10.0. The van der Waals surface area contributed by atoms with Crippen molar-refractivity contribution in [2.75, 3.05) is 24.2 Å². The molecule has 204 valence electrons. The number of carbonyl (C=O) groups is 4. The van der Waals surface area contributed by atoms with Crippen molar-refractivity contribution in [3.63, 3.8) is 0 Å². The Morgan fingerprint density at radius 2 is 1.87 bits per heavy atom. The van der Waals surface area contributed by atoms with E-state index in [2.05, 4.69) is 20.9 Å². The second-order valence-electron chi connectivity index (χ2n) is 9.12. The number of phenols is 1. The molecule has 0 unspecified atom stereocenters. The first-order valence-electron chi connectivity index (χ1n) is 12.1. The Labute approximate surface area is 227 Å². The van der Waals surface area contributed by atoms with Gasteiger partial charge >= 0.3 is 0 Å². The van der Waals surface area contributed by atoms with Gasteiger partial charge in [-0.1, -0.05) is 12.1 Å². The summed E-state index contributed by atoms with van der Waals surface area (Å²) in [7, 11) is 0. The molecule has 12 nitrogen and oxygen atoms in total. The van der Waals surface area contributed by atoms with Crippen molar-refractivity contribution in [1.29, 1.82) is 0 Å². The molecule has 1 aromatic heterocycles. The van der Waals surface area contributed by atoms with E-state index in [-0.39, 0.29) is 23.8 Å². The van der Waals surface area contributed by atoms with Crippen LogP contribution in [0.25, 0.3) is 0 Å². The standard InChI is InChI=1S/C24H30N6O6S2/c25-20(33)18-12-37-10-14-11-38-24(26-14)29-16(8-13-3-5-15(32)6-4-13)23(36)30-7-1-2-19(30)22(35)27-17(9-31)21(34)28-18/h3-6,11,16-19,31-32H,1-2,7-10,12H2,(H2,25,33)(H,26,29)(H,27,35)(H,28,34)/t16-,17-,18+,19-/m0/s1. The number of hydrogen-bond acceptors (Lipinski definition) is 10. The number of phenolic OH excluding ortho intramolecular Hbond substituents is 1. The van der Waals surface area contributed by atoms with E-state index in [1.807, 2.05) is 5.38 Å². The van der Waals surface area contributed by atoms with Gasteiger partial charge in [0.05, 0.1) is 12.3 Å². The van der Waals surface area contributed by atoms with Crippen LogP contribution in [0.1, 0.15) is 24.1 Å². The summed E-state index contributed by atoms with van der Waals surface area (Å²) in [5, 5.41) is 30.0. The van der Waals surface area contributed by atoms with Crippen LogP contribution in [0.15, 0.2) is 29.6 Å². The van der Waals surface area contributed by atoms with Crippen LogP contribution >= 0.6 is 23.1 Å². The summed E-state index contributed by atoms with van der Waals surface area (Å²) >= 11 is 2.67. The SMILES string of the molecule is NC(=O)[C@H]1CSCc2csc(n2)N[C@@H](Cc2ccc(O)cc2)C(=O)N2CCC[C@H]2C(=O)N[C@@H](CO)C(=O)N1. The number of benzene rings is 1. The molecule has 7 N–H and O–H groups in total. The topological polar surface area (TPSA) is 187 Å². The number of fused-ring (bicyclic) bond motifs is 3. The van der Waals surface area contributed by atoms with Gasteiger partial charge in [-0.15, -0.1) is 11.3 Å². The Hall–Kier alpha value is -3.36. The Kier molecular flexibility index (Phi) is 9.07. The van der Waals surface area contributed by atoms with Crippen LogP contribution in [-0.2, 0) is 31.4 Å². The number of anilines is 1. The summed E-state index contributed by atoms with van der Waals surface area (Å²) in [5.41, 5.74) is 6.99. The summed E-state index contributed by atoms with van der Waals surface area (Å²) in [5.74, 6) is -1.63. The van der Waals surface area contributed by atoms with Crippen molar-refractivity contribution in [3.8, 4) is 5.75 Å². The lowest BCUT2D eigenvalue weighted by molar-refractivity contribution is -0.140. The number of thiazole rings is 1. The van der Waals surface area contributed by atoms with E-state index in [1.54, 1.807) is 24.3 Å². The molecule has 14 heteroatoms. The van der Waals surface area contributed by atoms with E-state index >= 15 is 0 Å². The van der Waals surface area contributed by atoms with Crippen molar-refractivity contribution >= 4 is 51.9 Å². The van der Waals surface area contributed by atoms with Gasteiger partial charge in [-0.25, -0.2) is 4.98 Å².